The Kier molecular flexibility index (Phi) is 3.36. The number of halogens is 1. The highest BCUT2D eigenvalue weighted by Crippen LogP contribution is 2.33. The Morgan fingerprint density at radius 1 is 1.25 bits per heavy atom. The number of fused-ring (bicyclic) bond motifs is 1. The first-order chi connectivity index (χ1) is 9.65. The zero-order valence-electron chi connectivity index (χ0n) is 10.8. The molecule has 0 spiro atoms. The monoisotopic (exact) mass is 287 g/mol. The highest BCUT2D eigenvalue weighted by molar-refractivity contribution is 6.30. The summed E-state index contributed by atoms with van der Waals surface area (Å²) >= 11 is 5.97. The zero-order chi connectivity index (χ0) is 14.1. The molecule has 0 radical (unpaired) electrons. The molecule has 0 heterocycles. The van der Waals surface area contributed by atoms with Crippen molar-refractivity contribution in [3.8, 4) is 5.75 Å². The Hall–Kier alpha value is -2.00. The molecule has 1 unspecified atom stereocenters. The largest absolute Gasteiger partial charge is 0.507 e. The molecule has 102 valence electrons. The summed E-state index contributed by atoms with van der Waals surface area (Å²) in [5.41, 5.74) is 2.59. The number of amides is 1. The van der Waals surface area contributed by atoms with Gasteiger partial charge in [0, 0.05) is 5.02 Å². The molecule has 1 aliphatic rings. The second-order valence-corrected chi connectivity index (χ2v) is 5.36. The predicted molar refractivity (Wildman–Crippen MR) is 78.1 cm³/mol. The van der Waals surface area contributed by atoms with E-state index in [0.717, 1.165) is 23.4 Å². The fraction of sp³-hybridized carbons (Fsp3) is 0.188. The van der Waals surface area contributed by atoms with Gasteiger partial charge in [-0.15, -0.1) is 0 Å². The number of nitrogens with one attached hydrogen (secondary N) is 1. The normalized spacial score (nSPS) is 16.8. The van der Waals surface area contributed by atoms with E-state index in [-0.39, 0.29) is 17.7 Å². The second kappa shape index (κ2) is 5.17. The maximum atomic E-state index is 12.2. The van der Waals surface area contributed by atoms with Crippen molar-refractivity contribution < 1.29 is 9.90 Å². The van der Waals surface area contributed by atoms with Gasteiger partial charge in [-0.2, -0.15) is 0 Å². The Labute approximate surface area is 122 Å². The molecule has 0 bridgehead atoms. The van der Waals surface area contributed by atoms with Crippen LogP contribution in [0, 0.1) is 0 Å². The maximum absolute atomic E-state index is 12.2. The molecule has 0 aromatic heterocycles. The number of aryl methyl sites for hydroxylation is 1. The summed E-state index contributed by atoms with van der Waals surface area (Å²) in [5.74, 6) is -0.254. The number of hydrogen-bond donors (Lipinski definition) is 2. The molecule has 2 N–H and O–H groups in total. The molecule has 0 saturated heterocycles. The average Bonchev–Trinajstić information content (AvgIpc) is 2.81. The Morgan fingerprint density at radius 2 is 2.05 bits per heavy atom. The lowest BCUT2D eigenvalue weighted by molar-refractivity contribution is 0.0934. The summed E-state index contributed by atoms with van der Waals surface area (Å²) < 4.78 is 0. The van der Waals surface area contributed by atoms with Gasteiger partial charge in [-0.3, -0.25) is 4.79 Å². The van der Waals surface area contributed by atoms with Crippen LogP contribution in [0.2, 0.25) is 5.02 Å². The quantitative estimate of drug-likeness (QED) is 0.888. The van der Waals surface area contributed by atoms with E-state index in [1.807, 2.05) is 18.2 Å². The minimum atomic E-state index is -0.254. The highest BCUT2D eigenvalue weighted by Gasteiger charge is 2.25. The van der Waals surface area contributed by atoms with Gasteiger partial charge in [-0.05, 0) is 48.2 Å². The minimum absolute atomic E-state index is 0.000624. The molecular weight excluding hydrogens is 274 g/mol. The van der Waals surface area contributed by atoms with Crippen LogP contribution >= 0.6 is 11.6 Å². The molecule has 0 aliphatic heterocycles. The number of hydrogen-bond acceptors (Lipinski definition) is 2. The van der Waals surface area contributed by atoms with Crippen molar-refractivity contribution in [2.45, 2.75) is 18.9 Å². The molecule has 1 amide bonds. The van der Waals surface area contributed by atoms with Crippen molar-refractivity contribution in [1.82, 2.24) is 5.32 Å². The average molecular weight is 288 g/mol. The predicted octanol–water partition coefficient (Wildman–Crippen LogP) is 3.46. The fourth-order valence-corrected chi connectivity index (χ4v) is 2.83. The number of para-hydroxylation sites is 1. The lowest BCUT2D eigenvalue weighted by Crippen LogP contribution is -2.27. The van der Waals surface area contributed by atoms with Crippen molar-refractivity contribution in [2.24, 2.45) is 0 Å². The van der Waals surface area contributed by atoms with E-state index in [4.69, 9.17) is 11.6 Å². The van der Waals surface area contributed by atoms with Crippen LogP contribution in [0.4, 0.5) is 0 Å². The topological polar surface area (TPSA) is 49.3 Å². The summed E-state index contributed by atoms with van der Waals surface area (Å²) in [6, 6.07) is 12.3. The van der Waals surface area contributed by atoms with Crippen LogP contribution in [0.25, 0.3) is 0 Å². The van der Waals surface area contributed by atoms with E-state index < -0.39 is 0 Å². The van der Waals surface area contributed by atoms with Gasteiger partial charge in [0.2, 0.25) is 0 Å². The Morgan fingerprint density at radius 3 is 2.85 bits per heavy atom. The molecule has 0 saturated carbocycles. The van der Waals surface area contributed by atoms with Crippen LogP contribution in [-0.4, -0.2) is 11.0 Å². The van der Waals surface area contributed by atoms with Gasteiger partial charge in [-0.1, -0.05) is 29.8 Å². The van der Waals surface area contributed by atoms with Crippen molar-refractivity contribution in [2.75, 3.05) is 0 Å². The lowest BCUT2D eigenvalue weighted by Gasteiger charge is -2.14. The molecule has 3 nitrogen and oxygen atoms in total. The highest BCUT2D eigenvalue weighted by atomic mass is 35.5. The van der Waals surface area contributed by atoms with E-state index in [1.165, 1.54) is 11.6 Å². The van der Waals surface area contributed by atoms with Gasteiger partial charge in [0.25, 0.3) is 5.91 Å². The van der Waals surface area contributed by atoms with Gasteiger partial charge in [0.1, 0.15) is 5.75 Å². The van der Waals surface area contributed by atoms with Gasteiger partial charge in [0.05, 0.1) is 11.6 Å². The van der Waals surface area contributed by atoms with Crippen LogP contribution in [0.5, 0.6) is 5.75 Å². The molecular formula is C16H14ClNO2. The third kappa shape index (κ3) is 2.37. The van der Waals surface area contributed by atoms with Crippen LogP contribution in [0.1, 0.15) is 33.9 Å². The van der Waals surface area contributed by atoms with Gasteiger partial charge in [0.15, 0.2) is 0 Å². The van der Waals surface area contributed by atoms with E-state index in [2.05, 4.69) is 5.32 Å². The third-order valence-electron chi connectivity index (χ3n) is 3.64. The number of phenolic OH excluding ortho intramolecular Hbond substituents is 1. The number of aromatic hydroxyl groups is 1. The second-order valence-electron chi connectivity index (χ2n) is 4.93. The number of phenols is 1. The van der Waals surface area contributed by atoms with Crippen molar-refractivity contribution in [1.29, 1.82) is 0 Å². The third-order valence-corrected chi connectivity index (χ3v) is 3.87. The fourth-order valence-electron chi connectivity index (χ4n) is 2.64. The van der Waals surface area contributed by atoms with Gasteiger partial charge >= 0.3 is 0 Å². The van der Waals surface area contributed by atoms with E-state index >= 15 is 0 Å². The van der Waals surface area contributed by atoms with Crippen molar-refractivity contribution in [3.63, 3.8) is 0 Å². The van der Waals surface area contributed by atoms with E-state index in [9.17, 15) is 9.90 Å². The first kappa shape index (κ1) is 13.0. The van der Waals surface area contributed by atoms with Crippen molar-refractivity contribution in [3.05, 3.63) is 64.2 Å². The smallest absolute Gasteiger partial charge is 0.255 e. The van der Waals surface area contributed by atoms with E-state index in [1.54, 1.807) is 18.2 Å². The van der Waals surface area contributed by atoms with Gasteiger partial charge in [-0.25, -0.2) is 0 Å². The van der Waals surface area contributed by atoms with Crippen LogP contribution in [0.3, 0.4) is 0 Å². The summed E-state index contributed by atoms with van der Waals surface area (Å²) in [7, 11) is 0. The number of carbonyl (C=O) groups is 1. The molecule has 2 aromatic rings. The summed E-state index contributed by atoms with van der Waals surface area (Å²) in [4.78, 5) is 12.2. The molecule has 1 atom stereocenters. The first-order valence-electron chi connectivity index (χ1n) is 6.52. The van der Waals surface area contributed by atoms with Gasteiger partial charge < -0.3 is 10.4 Å². The molecule has 4 heteroatoms. The molecule has 1 aliphatic carbocycles. The minimum Gasteiger partial charge on any atom is -0.507 e. The summed E-state index contributed by atoms with van der Waals surface area (Å²) in [6.45, 7) is 0. The lowest BCUT2D eigenvalue weighted by atomic mass is 10.1. The summed E-state index contributed by atoms with van der Waals surface area (Å²) in [5, 5.41) is 13.4. The molecule has 0 fully saturated rings. The van der Waals surface area contributed by atoms with Crippen LogP contribution < -0.4 is 5.32 Å². The Balaban J connectivity index is 1.81. The van der Waals surface area contributed by atoms with E-state index in [0.29, 0.717) is 5.56 Å². The number of rotatable bonds is 2. The summed E-state index contributed by atoms with van der Waals surface area (Å²) in [6.07, 6.45) is 1.76. The first-order valence-corrected chi connectivity index (χ1v) is 6.90. The molecule has 3 rings (SSSR count). The van der Waals surface area contributed by atoms with Crippen LogP contribution in [0.15, 0.2) is 42.5 Å². The standard InChI is InChI=1S/C16H14ClNO2/c17-11-6-7-12-10(9-11)5-8-14(12)18-16(20)13-3-1-2-4-15(13)19/h1-4,6-7,9,14,19H,5,8H2,(H,18,20). The molecule has 20 heavy (non-hydrogen) atoms. The van der Waals surface area contributed by atoms with Crippen molar-refractivity contribution >= 4 is 17.5 Å². The maximum Gasteiger partial charge on any atom is 0.255 e. The SMILES string of the molecule is O=C(NC1CCc2cc(Cl)ccc21)c1ccccc1O. The number of carbonyl (C=O) groups excluding carboxylic acids is 1. The van der Waals surface area contributed by atoms with Crippen LogP contribution in [-0.2, 0) is 6.42 Å². The zero-order valence-corrected chi connectivity index (χ0v) is 11.5. The number of benzene rings is 2. The Bertz CT molecular complexity index is 669. The molecule has 2 aromatic carbocycles.